The summed E-state index contributed by atoms with van der Waals surface area (Å²) < 4.78 is 61.4. The second-order valence-corrected chi connectivity index (χ2v) is 11.1. The molecule has 1 saturated heterocycles. The van der Waals surface area contributed by atoms with Crippen molar-refractivity contribution in [2.45, 2.75) is 36.9 Å². The number of halogens is 1. The lowest BCUT2D eigenvalue weighted by atomic mass is 9.86. The van der Waals surface area contributed by atoms with E-state index >= 15 is 0 Å². The summed E-state index contributed by atoms with van der Waals surface area (Å²) in [5.41, 5.74) is 3.07. The van der Waals surface area contributed by atoms with Gasteiger partial charge in [0.15, 0.2) is 12.4 Å². The van der Waals surface area contributed by atoms with Crippen LogP contribution < -0.4 is 9.88 Å². The second-order valence-electron chi connectivity index (χ2n) is 9.50. The van der Waals surface area contributed by atoms with E-state index in [4.69, 9.17) is 23.8 Å². The van der Waals surface area contributed by atoms with Crippen LogP contribution in [0, 0.1) is 12.7 Å². The van der Waals surface area contributed by atoms with Crippen LogP contribution in [0.4, 0.5) is 4.39 Å². The van der Waals surface area contributed by atoms with Crippen molar-refractivity contribution in [2.75, 3.05) is 20.3 Å². The molecular weight excluding hydrogens is 523 g/mol. The lowest BCUT2D eigenvalue weighted by molar-refractivity contribution is -0.0950. The van der Waals surface area contributed by atoms with Gasteiger partial charge in [0.1, 0.15) is 17.3 Å². The summed E-state index contributed by atoms with van der Waals surface area (Å²) in [4.78, 5) is 4.64. The van der Waals surface area contributed by atoms with Crippen molar-refractivity contribution in [3.63, 3.8) is 0 Å². The minimum Gasteiger partial charge on any atom is -0.484 e. The molecule has 0 saturated carbocycles. The summed E-state index contributed by atoms with van der Waals surface area (Å²) in [5, 5.41) is 5.25. The van der Waals surface area contributed by atoms with Gasteiger partial charge in [0.2, 0.25) is 15.9 Å². The van der Waals surface area contributed by atoms with Crippen molar-refractivity contribution < 1.29 is 31.4 Å². The predicted octanol–water partition coefficient (Wildman–Crippen LogP) is 5.33. The number of hydrogen-bond acceptors (Lipinski definition) is 7. The van der Waals surface area contributed by atoms with Gasteiger partial charge in [-0.3, -0.25) is 0 Å². The largest absolute Gasteiger partial charge is 0.484 e. The van der Waals surface area contributed by atoms with E-state index in [2.05, 4.69) is 4.98 Å². The van der Waals surface area contributed by atoms with Crippen molar-refractivity contribution in [3.05, 3.63) is 89.6 Å². The van der Waals surface area contributed by atoms with Crippen LogP contribution in [0.3, 0.4) is 0 Å². The minimum atomic E-state index is -3.84. The molecule has 8 nitrogen and oxygen atoms in total. The molecule has 1 aromatic heterocycles. The van der Waals surface area contributed by atoms with Crippen LogP contribution in [-0.2, 0) is 31.7 Å². The normalized spacial score (nSPS) is 15.3. The van der Waals surface area contributed by atoms with E-state index in [0.29, 0.717) is 54.4 Å². The highest BCUT2D eigenvalue weighted by atomic mass is 32.2. The van der Waals surface area contributed by atoms with E-state index in [9.17, 15) is 12.8 Å². The lowest BCUT2D eigenvalue weighted by Crippen LogP contribution is -2.35. The number of primary sulfonamides is 1. The van der Waals surface area contributed by atoms with Crippen molar-refractivity contribution >= 4 is 10.0 Å². The van der Waals surface area contributed by atoms with Crippen molar-refractivity contribution in [1.29, 1.82) is 0 Å². The molecule has 0 unspecified atom stereocenters. The first-order valence-electron chi connectivity index (χ1n) is 12.4. The monoisotopic (exact) mass is 552 g/mol. The maximum Gasteiger partial charge on any atom is 0.238 e. The van der Waals surface area contributed by atoms with Gasteiger partial charge in [0.05, 0.1) is 10.5 Å². The van der Waals surface area contributed by atoms with Gasteiger partial charge in [-0.15, -0.1) is 0 Å². The number of sulfonamides is 1. The summed E-state index contributed by atoms with van der Waals surface area (Å²) in [6.45, 7) is 2.98. The van der Waals surface area contributed by atoms with E-state index in [0.717, 1.165) is 11.1 Å². The molecule has 0 aliphatic carbocycles. The zero-order valence-corrected chi connectivity index (χ0v) is 22.5. The Balaban J connectivity index is 1.46. The van der Waals surface area contributed by atoms with Crippen LogP contribution in [-0.4, -0.2) is 33.7 Å². The Kier molecular flexibility index (Phi) is 7.55. The zero-order chi connectivity index (χ0) is 27.6. The number of nitrogens with zero attached hydrogens (tertiary/aromatic N) is 1. The number of hydrogen-bond donors (Lipinski definition) is 1. The molecule has 0 radical (unpaired) electrons. The Morgan fingerprint density at radius 3 is 2.31 bits per heavy atom. The third kappa shape index (κ3) is 5.89. The van der Waals surface area contributed by atoms with Crippen molar-refractivity contribution in [3.8, 4) is 28.3 Å². The Bertz CT molecular complexity index is 1560. The number of oxazole rings is 1. The molecule has 1 aliphatic rings. The minimum absolute atomic E-state index is 0.00421. The van der Waals surface area contributed by atoms with Gasteiger partial charge in [-0.05, 0) is 36.8 Å². The maximum absolute atomic E-state index is 14.6. The summed E-state index contributed by atoms with van der Waals surface area (Å²) in [5.74, 6) is 0.655. The average Bonchev–Trinajstić information content (AvgIpc) is 3.36. The summed E-state index contributed by atoms with van der Waals surface area (Å²) in [6, 6.07) is 18.4. The highest BCUT2D eigenvalue weighted by Gasteiger charge is 2.35. The molecule has 1 fully saturated rings. The molecule has 204 valence electrons. The van der Waals surface area contributed by atoms with Crippen LogP contribution in [0.2, 0.25) is 0 Å². The molecule has 39 heavy (non-hydrogen) atoms. The molecule has 0 amide bonds. The fourth-order valence-corrected chi connectivity index (χ4v) is 5.21. The highest BCUT2D eigenvalue weighted by molar-refractivity contribution is 7.89. The van der Waals surface area contributed by atoms with Crippen molar-refractivity contribution in [1.82, 2.24) is 4.98 Å². The zero-order valence-electron chi connectivity index (χ0n) is 21.6. The number of rotatable bonds is 8. The molecule has 2 heterocycles. The number of aromatic nitrogens is 1. The first-order chi connectivity index (χ1) is 18.7. The smallest absolute Gasteiger partial charge is 0.238 e. The Hall–Kier alpha value is -3.57. The van der Waals surface area contributed by atoms with E-state index in [-0.39, 0.29) is 17.4 Å². The third-order valence-electron chi connectivity index (χ3n) is 6.89. The van der Waals surface area contributed by atoms with Crippen LogP contribution in [0.25, 0.3) is 22.6 Å². The summed E-state index contributed by atoms with van der Waals surface area (Å²) in [7, 11) is -2.22. The van der Waals surface area contributed by atoms with Crippen LogP contribution in [0.1, 0.15) is 29.9 Å². The quantitative estimate of drug-likeness (QED) is 0.314. The van der Waals surface area contributed by atoms with E-state index in [1.807, 2.05) is 31.2 Å². The second kappa shape index (κ2) is 10.9. The van der Waals surface area contributed by atoms with Crippen molar-refractivity contribution in [2.24, 2.45) is 5.14 Å². The molecule has 2 N–H and O–H groups in total. The highest BCUT2D eigenvalue weighted by Crippen LogP contribution is 2.38. The Labute approximate surface area is 226 Å². The fraction of sp³-hybridized carbons (Fsp3) is 0.276. The Morgan fingerprint density at radius 2 is 1.67 bits per heavy atom. The maximum atomic E-state index is 14.6. The first-order valence-corrected chi connectivity index (χ1v) is 14.0. The summed E-state index contributed by atoms with van der Waals surface area (Å²) >= 11 is 0. The molecule has 0 spiro atoms. The summed E-state index contributed by atoms with van der Waals surface area (Å²) in [6.07, 6.45) is 1.22. The number of aryl methyl sites for hydroxylation is 1. The SMILES string of the molecule is COC1(c2cc(F)cc(OCc3nc(-c4ccc(S(N)(=O)=O)cc4)c(-c4ccc(C)cc4)o3)c2)CCOCC1. The van der Waals surface area contributed by atoms with E-state index < -0.39 is 21.4 Å². The van der Waals surface area contributed by atoms with E-state index in [1.54, 1.807) is 25.3 Å². The van der Waals surface area contributed by atoms with Gasteiger partial charge >= 0.3 is 0 Å². The predicted molar refractivity (Wildman–Crippen MR) is 143 cm³/mol. The standard InChI is InChI=1S/C29H29FN2O6S/c1-19-3-5-21(6-4-19)28-27(20-7-9-25(10-8-20)39(31,33)34)32-26(38-28)18-37-24-16-22(15-23(30)17-24)29(35-2)11-13-36-14-12-29/h3-10,15-17H,11-14,18H2,1-2H3,(H2,31,33,34). The van der Waals surface area contributed by atoms with Gasteiger partial charge in [-0.25, -0.2) is 22.9 Å². The first kappa shape index (κ1) is 27.0. The lowest BCUT2D eigenvalue weighted by Gasteiger charge is -2.36. The van der Waals surface area contributed by atoms with E-state index in [1.165, 1.54) is 24.3 Å². The molecule has 1 aliphatic heterocycles. The number of ether oxygens (including phenoxy) is 3. The number of benzene rings is 3. The molecule has 0 bridgehead atoms. The molecule has 3 aromatic carbocycles. The van der Waals surface area contributed by atoms with Gasteiger partial charge in [0.25, 0.3) is 0 Å². The fourth-order valence-electron chi connectivity index (χ4n) is 4.69. The van der Waals surface area contributed by atoms with Crippen LogP contribution >= 0.6 is 0 Å². The van der Waals surface area contributed by atoms with Gasteiger partial charge in [-0.2, -0.15) is 0 Å². The molecule has 4 aromatic rings. The molecular formula is C29H29FN2O6S. The number of methoxy groups -OCH3 is 1. The van der Waals surface area contributed by atoms with Gasteiger partial charge < -0.3 is 18.6 Å². The Morgan fingerprint density at radius 1 is 1.00 bits per heavy atom. The third-order valence-corrected chi connectivity index (χ3v) is 7.82. The van der Waals surface area contributed by atoms with Gasteiger partial charge in [-0.1, -0.05) is 42.0 Å². The number of nitrogens with two attached hydrogens (primary N) is 1. The van der Waals surface area contributed by atoms with Crippen LogP contribution in [0.5, 0.6) is 5.75 Å². The topological polar surface area (TPSA) is 114 Å². The molecule has 0 atom stereocenters. The average molecular weight is 553 g/mol. The molecule has 5 rings (SSSR count). The van der Waals surface area contributed by atoms with Gasteiger partial charge in [0, 0.05) is 50.4 Å². The molecule has 10 heteroatoms. The van der Waals surface area contributed by atoms with Crippen LogP contribution in [0.15, 0.2) is 76.0 Å².